The lowest BCUT2D eigenvalue weighted by Crippen LogP contribution is -2.39. The number of methoxy groups -OCH3 is 1. The zero-order chi connectivity index (χ0) is 20.0. The second-order valence-electron chi connectivity index (χ2n) is 6.60. The first kappa shape index (κ1) is 18.8. The first-order chi connectivity index (χ1) is 13.5. The predicted octanol–water partition coefficient (Wildman–Crippen LogP) is 4.68. The van der Waals surface area contributed by atoms with E-state index in [2.05, 4.69) is 21.5 Å². The average Bonchev–Trinajstić information content (AvgIpc) is 3.11. The van der Waals surface area contributed by atoms with E-state index < -0.39 is 0 Å². The third-order valence-corrected chi connectivity index (χ3v) is 5.93. The van der Waals surface area contributed by atoms with E-state index in [9.17, 15) is 4.79 Å². The Morgan fingerprint density at radius 1 is 1.39 bits per heavy atom. The molecular formula is C20H18Cl2N4O2. The van der Waals surface area contributed by atoms with Crippen molar-refractivity contribution in [3.05, 3.63) is 57.7 Å². The molecule has 1 amide bonds. The highest BCUT2D eigenvalue weighted by atomic mass is 35.5. The molecule has 0 spiro atoms. The Hall–Kier alpha value is -2.57. The van der Waals surface area contributed by atoms with Crippen LogP contribution < -0.4 is 4.74 Å². The zero-order valence-electron chi connectivity index (χ0n) is 15.4. The van der Waals surface area contributed by atoms with E-state index in [4.69, 9.17) is 27.9 Å². The molecule has 0 saturated heterocycles. The molecule has 1 aliphatic heterocycles. The van der Waals surface area contributed by atoms with E-state index in [0.29, 0.717) is 28.8 Å². The van der Waals surface area contributed by atoms with Gasteiger partial charge in [0.15, 0.2) is 5.75 Å². The summed E-state index contributed by atoms with van der Waals surface area (Å²) in [5, 5.41) is 1.88. The van der Waals surface area contributed by atoms with Crippen LogP contribution in [0.25, 0.3) is 17.0 Å². The van der Waals surface area contributed by atoms with Crippen molar-refractivity contribution in [3.63, 3.8) is 0 Å². The molecule has 4 rings (SSSR count). The van der Waals surface area contributed by atoms with Gasteiger partial charge in [-0.3, -0.25) is 4.79 Å². The van der Waals surface area contributed by atoms with E-state index in [-0.39, 0.29) is 17.8 Å². The fourth-order valence-electron chi connectivity index (χ4n) is 3.76. The van der Waals surface area contributed by atoms with Gasteiger partial charge in [-0.15, -0.1) is 0 Å². The Kier molecular flexibility index (Phi) is 4.77. The van der Waals surface area contributed by atoms with Crippen molar-refractivity contribution in [1.82, 2.24) is 19.9 Å². The van der Waals surface area contributed by atoms with Crippen LogP contribution in [-0.2, 0) is 6.42 Å². The molecule has 1 N–H and O–H groups in total. The number of hydrogen-bond donors (Lipinski definition) is 1. The third-order valence-electron chi connectivity index (χ3n) is 5.14. The second-order valence-corrected chi connectivity index (χ2v) is 7.39. The fourth-order valence-corrected chi connectivity index (χ4v) is 4.17. The van der Waals surface area contributed by atoms with Crippen LogP contribution in [0.15, 0.2) is 25.0 Å². The lowest BCUT2D eigenvalue weighted by molar-refractivity contribution is 0.0665. The standard InChI is InChI=1S/C20H18Cl2N4O2/c1-4-11-7-13(21)17(22)18-16(11)15-10(2)26(6-5-14(15)25-18)20(27)19-23-8-12(28-3)9-24-19/h4,7-10,25H,1,5-6H2,2-3H3/t10-/m0/s1. The van der Waals surface area contributed by atoms with Crippen LogP contribution in [0.2, 0.25) is 10.0 Å². The van der Waals surface area contributed by atoms with Crippen LogP contribution in [0.3, 0.4) is 0 Å². The number of rotatable bonds is 3. The zero-order valence-corrected chi connectivity index (χ0v) is 16.9. The number of nitrogens with one attached hydrogen (secondary N) is 1. The molecule has 0 aliphatic carbocycles. The molecular weight excluding hydrogens is 399 g/mol. The molecule has 0 bridgehead atoms. The Bertz CT molecular complexity index is 1090. The molecule has 144 valence electrons. The van der Waals surface area contributed by atoms with Gasteiger partial charge in [-0.25, -0.2) is 9.97 Å². The predicted molar refractivity (Wildman–Crippen MR) is 110 cm³/mol. The number of amides is 1. The van der Waals surface area contributed by atoms with Gasteiger partial charge < -0.3 is 14.6 Å². The van der Waals surface area contributed by atoms with Gasteiger partial charge >= 0.3 is 0 Å². The van der Waals surface area contributed by atoms with Gasteiger partial charge in [-0.05, 0) is 18.6 Å². The summed E-state index contributed by atoms with van der Waals surface area (Å²) in [5.74, 6) is 0.417. The molecule has 1 atom stereocenters. The van der Waals surface area contributed by atoms with Gasteiger partial charge in [0.2, 0.25) is 5.82 Å². The maximum atomic E-state index is 13.0. The molecule has 2 aromatic heterocycles. The number of halogens is 2. The van der Waals surface area contributed by atoms with Crippen molar-refractivity contribution < 1.29 is 9.53 Å². The smallest absolute Gasteiger partial charge is 0.292 e. The minimum absolute atomic E-state index is 0.140. The third kappa shape index (κ3) is 2.84. The van der Waals surface area contributed by atoms with Crippen molar-refractivity contribution in [2.75, 3.05) is 13.7 Å². The van der Waals surface area contributed by atoms with Crippen LogP contribution in [0.1, 0.15) is 40.4 Å². The molecule has 0 saturated carbocycles. The maximum Gasteiger partial charge on any atom is 0.292 e. The van der Waals surface area contributed by atoms with Gasteiger partial charge in [-0.2, -0.15) is 0 Å². The van der Waals surface area contributed by atoms with E-state index >= 15 is 0 Å². The number of fused-ring (bicyclic) bond motifs is 3. The summed E-state index contributed by atoms with van der Waals surface area (Å²) in [6.07, 6.45) is 5.40. The lowest BCUT2D eigenvalue weighted by Gasteiger charge is -2.33. The topological polar surface area (TPSA) is 71.1 Å². The van der Waals surface area contributed by atoms with E-state index in [1.54, 1.807) is 17.0 Å². The summed E-state index contributed by atoms with van der Waals surface area (Å²) in [7, 11) is 1.53. The van der Waals surface area contributed by atoms with Crippen LogP contribution >= 0.6 is 23.2 Å². The quantitative estimate of drug-likeness (QED) is 0.672. The van der Waals surface area contributed by atoms with Gasteiger partial charge in [0.1, 0.15) is 0 Å². The molecule has 28 heavy (non-hydrogen) atoms. The number of nitrogens with zero attached hydrogens (tertiary/aromatic N) is 3. The SMILES string of the molecule is C=Cc1cc(Cl)c(Cl)c2[nH]c3c(c12)[C@H](C)N(C(=O)c1ncc(OC)cn1)CC3. The Balaban J connectivity index is 1.79. The highest BCUT2D eigenvalue weighted by Gasteiger charge is 2.33. The highest BCUT2D eigenvalue weighted by molar-refractivity contribution is 6.45. The number of H-pyrrole nitrogens is 1. The summed E-state index contributed by atoms with van der Waals surface area (Å²) in [6.45, 7) is 6.43. The van der Waals surface area contributed by atoms with Crippen molar-refractivity contribution in [1.29, 1.82) is 0 Å². The summed E-state index contributed by atoms with van der Waals surface area (Å²) in [4.78, 5) is 26.5. The Labute approximate surface area is 172 Å². The van der Waals surface area contributed by atoms with Gasteiger partial charge in [0, 0.05) is 29.6 Å². The molecule has 8 heteroatoms. The number of hydrogen-bond acceptors (Lipinski definition) is 4. The second kappa shape index (κ2) is 7.11. The van der Waals surface area contributed by atoms with Crippen molar-refractivity contribution >= 4 is 46.1 Å². The van der Waals surface area contributed by atoms with Crippen molar-refractivity contribution in [2.45, 2.75) is 19.4 Å². The minimum Gasteiger partial charge on any atom is -0.494 e. The summed E-state index contributed by atoms with van der Waals surface area (Å²) < 4.78 is 5.06. The summed E-state index contributed by atoms with van der Waals surface area (Å²) >= 11 is 12.7. The first-order valence-corrected chi connectivity index (χ1v) is 9.53. The summed E-state index contributed by atoms with van der Waals surface area (Å²) in [6, 6.07) is 1.61. The normalized spacial score (nSPS) is 16.1. The number of carbonyl (C=O) groups is 1. The molecule has 6 nitrogen and oxygen atoms in total. The number of carbonyl (C=O) groups excluding carboxylic acids is 1. The summed E-state index contributed by atoms with van der Waals surface area (Å²) in [5.41, 5.74) is 3.73. The molecule has 3 aromatic rings. The monoisotopic (exact) mass is 416 g/mol. The van der Waals surface area contributed by atoms with Crippen molar-refractivity contribution in [3.8, 4) is 5.75 Å². The van der Waals surface area contributed by atoms with E-state index in [1.807, 2.05) is 6.92 Å². The van der Waals surface area contributed by atoms with E-state index in [1.165, 1.54) is 19.5 Å². The fraction of sp³-hybridized carbons (Fsp3) is 0.250. The van der Waals surface area contributed by atoms with Crippen LogP contribution in [-0.4, -0.2) is 39.4 Å². The number of aromatic nitrogens is 3. The van der Waals surface area contributed by atoms with Crippen LogP contribution in [0.5, 0.6) is 5.75 Å². The van der Waals surface area contributed by atoms with Crippen LogP contribution in [0.4, 0.5) is 0 Å². The Morgan fingerprint density at radius 2 is 2.11 bits per heavy atom. The molecule has 3 heterocycles. The van der Waals surface area contributed by atoms with Gasteiger partial charge in [-0.1, -0.05) is 35.9 Å². The highest BCUT2D eigenvalue weighted by Crippen LogP contribution is 2.42. The first-order valence-electron chi connectivity index (χ1n) is 8.78. The molecule has 0 radical (unpaired) electrons. The lowest BCUT2D eigenvalue weighted by atomic mass is 9.94. The Morgan fingerprint density at radius 3 is 2.75 bits per heavy atom. The van der Waals surface area contributed by atoms with Crippen molar-refractivity contribution in [2.24, 2.45) is 0 Å². The number of benzene rings is 1. The van der Waals surface area contributed by atoms with Gasteiger partial charge in [0.25, 0.3) is 5.91 Å². The number of ether oxygens (including phenoxy) is 1. The molecule has 0 unspecified atom stereocenters. The van der Waals surface area contributed by atoms with Gasteiger partial charge in [0.05, 0.1) is 41.1 Å². The average molecular weight is 417 g/mol. The molecule has 1 aromatic carbocycles. The largest absolute Gasteiger partial charge is 0.494 e. The minimum atomic E-state index is -0.227. The number of aromatic amines is 1. The van der Waals surface area contributed by atoms with Crippen LogP contribution in [0, 0.1) is 0 Å². The van der Waals surface area contributed by atoms with E-state index in [0.717, 1.165) is 27.7 Å². The molecule has 1 aliphatic rings. The molecule has 0 fully saturated rings. The maximum absolute atomic E-state index is 13.0.